The summed E-state index contributed by atoms with van der Waals surface area (Å²) in [5.74, 6) is -0.518. The van der Waals surface area contributed by atoms with Gasteiger partial charge in [-0.25, -0.2) is 8.78 Å². The van der Waals surface area contributed by atoms with Gasteiger partial charge in [-0.3, -0.25) is 0 Å². The second-order valence-corrected chi connectivity index (χ2v) is 4.73. The van der Waals surface area contributed by atoms with Gasteiger partial charge in [0.15, 0.2) is 0 Å². The highest BCUT2D eigenvalue weighted by molar-refractivity contribution is 5.31. The summed E-state index contributed by atoms with van der Waals surface area (Å²) >= 11 is 0. The number of rotatable bonds is 2. The Labute approximate surface area is 88.7 Å². The topological polar surface area (TPSA) is 20.2 Å². The zero-order chi connectivity index (χ0) is 11.9. The molecule has 0 fully saturated rings. The van der Waals surface area contributed by atoms with Crippen LogP contribution in [0.2, 0.25) is 0 Å². The third kappa shape index (κ3) is 2.75. The normalized spacial score (nSPS) is 13.0. The largest absolute Gasteiger partial charge is 0.386 e. The first-order valence-corrected chi connectivity index (χ1v) is 4.84. The van der Waals surface area contributed by atoms with Crippen molar-refractivity contribution in [1.29, 1.82) is 0 Å². The summed E-state index contributed by atoms with van der Waals surface area (Å²) in [6, 6.07) is 3.95. The molecule has 84 valence electrons. The molecule has 0 heterocycles. The van der Waals surface area contributed by atoms with Crippen molar-refractivity contribution in [3.8, 4) is 0 Å². The fourth-order valence-corrected chi connectivity index (χ4v) is 1.36. The molecule has 3 heteroatoms. The van der Waals surface area contributed by atoms with Crippen molar-refractivity contribution in [3.05, 3.63) is 35.1 Å². The Balaban J connectivity index is 3.30. The van der Waals surface area contributed by atoms with Crippen molar-refractivity contribution >= 4 is 0 Å². The van der Waals surface area contributed by atoms with Crippen LogP contribution in [0.25, 0.3) is 0 Å². The van der Waals surface area contributed by atoms with Gasteiger partial charge < -0.3 is 5.11 Å². The number of alkyl halides is 1. The van der Waals surface area contributed by atoms with Crippen molar-refractivity contribution in [2.24, 2.45) is 0 Å². The summed E-state index contributed by atoms with van der Waals surface area (Å²) in [4.78, 5) is 0. The SMILES string of the molecule is CC(C)(O)c1cc(C(C)(C)F)ccc1F. The van der Waals surface area contributed by atoms with Crippen molar-refractivity contribution < 1.29 is 13.9 Å². The lowest BCUT2D eigenvalue weighted by Crippen LogP contribution is -2.19. The second kappa shape index (κ2) is 3.56. The maximum Gasteiger partial charge on any atom is 0.130 e. The van der Waals surface area contributed by atoms with Gasteiger partial charge in [-0.15, -0.1) is 0 Å². The highest BCUT2D eigenvalue weighted by atomic mass is 19.1. The molecule has 0 aliphatic carbocycles. The molecular weight excluding hydrogens is 198 g/mol. The minimum Gasteiger partial charge on any atom is -0.386 e. The first kappa shape index (κ1) is 12.1. The van der Waals surface area contributed by atoms with Crippen molar-refractivity contribution in [1.82, 2.24) is 0 Å². The molecule has 0 aliphatic heterocycles. The predicted octanol–water partition coefficient (Wildman–Crippen LogP) is 3.26. The van der Waals surface area contributed by atoms with E-state index in [1.54, 1.807) is 0 Å². The van der Waals surface area contributed by atoms with Crippen LogP contribution in [0, 0.1) is 5.82 Å². The Kier molecular flexibility index (Phi) is 2.88. The van der Waals surface area contributed by atoms with Gasteiger partial charge in [-0.2, -0.15) is 0 Å². The molecule has 1 aromatic rings. The Hall–Kier alpha value is -0.960. The lowest BCUT2D eigenvalue weighted by molar-refractivity contribution is 0.0741. The lowest BCUT2D eigenvalue weighted by atomic mass is 9.91. The first-order chi connectivity index (χ1) is 6.62. The zero-order valence-corrected chi connectivity index (χ0v) is 9.44. The predicted molar refractivity (Wildman–Crippen MR) is 55.8 cm³/mol. The molecular formula is C12H16F2O. The van der Waals surface area contributed by atoms with Crippen LogP contribution in [-0.4, -0.2) is 5.11 Å². The molecule has 0 unspecified atom stereocenters. The van der Waals surface area contributed by atoms with Crippen LogP contribution in [0.5, 0.6) is 0 Å². The van der Waals surface area contributed by atoms with E-state index in [1.165, 1.54) is 45.9 Å². The minimum atomic E-state index is -1.53. The third-order valence-electron chi connectivity index (χ3n) is 2.31. The van der Waals surface area contributed by atoms with Crippen LogP contribution in [0.4, 0.5) is 8.78 Å². The van der Waals surface area contributed by atoms with Crippen LogP contribution in [0.3, 0.4) is 0 Å². The number of hydrogen-bond acceptors (Lipinski definition) is 1. The van der Waals surface area contributed by atoms with E-state index in [0.29, 0.717) is 5.56 Å². The molecule has 0 aromatic heterocycles. The highest BCUT2D eigenvalue weighted by Gasteiger charge is 2.25. The van der Waals surface area contributed by atoms with Crippen LogP contribution in [0.1, 0.15) is 38.8 Å². The molecule has 0 amide bonds. The van der Waals surface area contributed by atoms with Crippen molar-refractivity contribution in [3.63, 3.8) is 0 Å². The molecule has 0 radical (unpaired) electrons. The molecule has 0 atom stereocenters. The number of aliphatic hydroxyl groups is 1. The average molecular weight is 214 g/mol. The van der Waals surface area contributed by atoms with Crippen LogP contribution in [-0.2, 0) is 11.3 Å². The number of benzene rings is 1. The van der Waals surface area contributed by atoms with Crippen molar-refractivity contribution in [2.75, 3.05) is 0 Å². The molecule has 0 spiro atoms. The highest BCUT2D eigenvalue weighted by Crippen LogP contribution is 2.30. The Morgan fingerprint density at radius 3 is 2.07 bits per heavy atom. The molecule has 1 aromatic carbocycles. The molecule has 1 nitrogen and oxygen atoms in total. The van der Waals surface area contributed by atoms with E-state index < -0.39 is 17.1 Å². The summed E-state index contributed by atoms with van der Waals surface area (Å²) < 4.78 is 27.0. The van der Waals surface area contributed by atoms with Gasteiger partial charge in [-0.1, -0.05) is 6.07 Å². The van der Waals surface area contributed by atoms with E-state index in [1.807, 2.05) is 0 Å². The molecule has 0 aliphatic rings. The lowest BCUT2D eigenvalue weighted by Gasteiger charge is -2.22. The maximum absolute atomic E-state index is 13.6. The Morgan fingerprint density at radius 2 is 1.67 bits per heavy atom. The van der Waals surface area contributed by atoms with Gasteiger partial charge in [0.25, 0.3) is 0 Å². The average Bonchev–Trinajstić information content (AvgIpc) is 2.00. The summed E-state index contributed by atoms with van der Waals surface area (Å²) in [6.07, 6.45) is 0. The van der Waals surface area contributed by atoms with E-state index in [9.17, 15) is 13.9 Å². The third-order valence-corrected chi connectivity index (χ3v) is 2.31. The van der Waals surface area contributed by atoms with Gasteiger partial charge in [0.2, 0.25) is 0 Å². The standard InChI is InChI=1S/C12H16F2O/c1-11(2,14)8-5-6-10(13)9(7-8)12(3,4)15/h5-7,15H,1-4H3. The van der Waals surface area contributed by atoms with Gasteiger partial charge in [0, 0.05) is 5.56 Å². The Bertz CT molecular complexity index is 359. The summed E-state index contributed by atoms with van der Waals surface area (Å²) in [7, 11) is 0. The second-order valence-electron chi connectivity index (χ2n) is 4.73. The van der Waals surface area contributed by atoms with Gasteiger partial charge in [-0.05, 0) is 45.4 Å². The van der Waals surface area contributed by atoms with E-state index in [2.05, 4.69) is 0 Å². The molecule has 0 bridgehead atoms. The van der Waals surface area contributed by atoms with E-state index in [-0.39, 0.29) is 5.56 Å². The number of hydrogen-bond donors (Lipinski definition) is 1. The van der Waals surface area contributed by atoms with Gasteiger partial charge in [0.05, 0.1) is 5.60 Å². The van der Waals surface area contributed by atoms with Crippen LogP contribution in [0.15, 0.2) is 18.2 Å². The first-order valence-electron chi connectivity index (χ1n) is 4.84. The summed E-state index contributed by atoms with van der Waals surface area (Å²) in [5.41, 5.74) is -2.36. The fraction of sp³-hybridized carbons (Fsp3) is 0.500. The molecule has 1 rings (SSSR count). The smallest absolute Gasteiger partial charge is 0.130 e. The van der Waals surface area contributed by atoms with E-state index in [4.69, 9.17) is 0 Å². The number of halogens is 2. The molecule has 15 heavy (non-hydrogen) atoms. The van der Waals surface area contributed by atoms with Crippen LogP contribution >= 0.6 is 0 Å². The maximum atomic E-state index is 13.6. The quantitative estimate of drug-likeness (QED) is 0.801. The van der Waals surface area contributed by atoms with E-state index >= 15 is 0 Å². The summed E-state index contributed by atoms with van der Waals surface area (Å²) in [6.45, 7) is 5.74. The molecule has 0 saturated carbocycles. The molecule has 1 N–H and O–H groups in total. The van der Waals surface area contributed by atoms with Gasteiger partial charge in [0.1, 0.15) is 11.5 Å². The van der Waals surface area contributed by atoms with Gasteiger partial charge >= 0.3 is 0 Å². The van der Waals surface area contributed by atoms with E-state index in [0.717, 1.165) is 0 Å². The zero-order valence-electron chi connectivity index (χ0n) is 9.44. The Morgan fingerprint density at radius 1 is 1.13 bits per heavy atom. The fourth-order valence-electron chi connectivity index (χ4n) is 1.36. The molecule has 0 saturated heterocycles. The van der Waals surface area contributed by atoms with Crippen molar-refractivity contribution in [2.45, 2.75) is 39.0 Å². The minimum absolute atomic E-state index is 0.116. The summed E-state index contributed by atoms with van der Waals surface area (Å²) in [5, 5.41) is 9.70. The monoisotopic (exact) mass is 214 g/mol. The van der Waals surface area contributed by atoms with Crippen LogP contribution < -0.4 is 0 Å².